The Bertz CT molecular complexity index is 407. The molecule has 0 radical (unpaired) electrons. The van der Waals surface area contributed by atoms with E-state index in [1.807, 2.05) is 18.9 Å². The van der Waals surface area contributed by atoms with E-state index >= 15 is 0 Å². The van der Waals surface area contributed by atoms with Crippen LogP contribution in [-0.4, -0.2) is 59.9 Å². The molecule has 1 aromatic heterocycles. The molecule has 2 heterocycles. The first kappa shape index (κ1) is 13.8. The van der Waals surface area contributed by atoms with Crippen molar-refractivity contribution in [3.05, 3.63) is 0 Å². The zero-order valence-electron chi connectivity index (χ0n) is 11.6. The fraction of sp³-hybridized carbons (Fsp3) is 0.750. The second-order valence-electron chi connectivity index (χ2n) is 4.63. The molecule has 7 nitrogen and oxygen atoms in total. The Hall–Kier alpha value is -1.63. The Morgan fingerprint density at radius 2 is 2.00 bits per heavy atom. The summed E-state index contributed by atoms with van der Waals surface area (Å²) in [4.78, 5) is 17.3. The Morgan fingerprint density at radius 3 is 2.63 bits per heavy atom. The fourth-order valence-corrected chi connectivity index (χ4v) is 2.07. The molecule has 0 amide bonds. The third-order valence-electron chi connectivity index (χ3n) is 3.11. The van der Waals surface area contributed by atoms with Crippen LogP contribution in [0.1, 0.15) is 19.8 Å². The van der Waals surface area contributed by atoms with E-state index < -0.39 is 0 Å². The van der Waals surface area contributed by atoms with Crippen LogP contribution in [0.2, 0.25) is 0 Å². The molecule has 1 aliphatic rings. The Morgan fingerprint density at radius 1 is 1.26 bits per heavy atom. The Labute approximate surface area is 113 Å². The van der Waals surface area contributed by atoms with Crippen molar-refractivity contribution in [2.75, 3.05) is 55.0 Å². The van der Waals surface area contributed by atoms with Gasteiger partial charge < -0.3 is 20.2 Å². The first-order valence-corrected chi connectivity index (χ1v) is 6.81. The van der Waals surface area contributed by atoms with Gasteiger partial charge in [0.2, 0.25) is 17.8 Å². The molecule has 2 rings (SSSR count). The number of nitrogens with one attached hydrogen (secondary N) is 1. The fourth-order valence-electron chi connectivity index (χ4n) is 2.07. The van der Waals surface area contributed by atoms with Crippen LogP contribution >= 0.6 is 0 Å². The number of aliphatic hydroxyl groups is 1. The second-order valence-corrected chi connectivity index (χ2v) is 4.63. The Kier molecular flexibility index (Phi) is 4.73. The monoisotopic (exact) mass is 266 g/mol. The number of anilines is 3. The van der Waals surface area contributed by atoms with E-state index in [9.17, 15) is 0 Å². The highest BCUT2D eigenvalue weighted by atomic mass is 16.3. The lowest BCUT2D eigenvalue weighted by Gasteiger charge is -2.20. The minimum atomic E-state index is 0.0811. The lowest BCUT2D eigenvalue weighted by atomic mass is 10.4. The van der Waals surface area contributed by atoms with Crippen LogP contribution < -0.4 is 15.1 Å². The van der Waals surface area contributed by atoms with Gasteiger partial charge in [0, 0.05) is 33.2 Å². The topological polar surface area (TPSA) is 77.4 Å². The number of hydrogen-bond acceptors (Lipinski definition) is 7. The maximum Gasteiger partial charge on any atom is 0.231 e. The van der Waals surface area contributed by atoms with Gasteiger partial charge in [-0.15, -0.1) is 0 Å². The zero-order chi connectivity index (χ0) is 13.7. The first-order valence-electron chi connectivity index (χ1n) is 6.81. The SMILES string of the molecule is CCNc1nc(N(C)CCO)nc(N2CCCC2)n1. The van der Waals surface area contributed by atoms with Crippen LogP contribution in [0, 0.1) is 0 Å². The molecule has 1 aromatic rings. The second kappa shape index (κ2) is 6.51. The number of aromatic nitrogens is 3. The van der Waals surface area contributed by atoms with Gasteiger partial charge in [-0.05, 0) is 19.8 Å². The van der Waals surface area contributed by atoms with Gasteiger partial charge in [-0.25, -0.2) is 0 Å². The minimum absolute atomic E-state index is 0.0811. The highest BCUT2D eigenvalue weighted by Gasteiger charge is 2.18. The molecule has 0 unspecified atom stereocenters. The van der Waals surface area contributed by atoms with E-state index in [0.717, 1.165) is 25.6 Å². The van der Waals surface area contributed by atoms with Gasteiger partial charge in [0.15, 0.2) is 0 Å². The van der Waals surface area contributed by atoms with Crippen molar-refractivity contribution in [2.45, 2.75) is 19.8 Å². The predicted octanol–water partition coefficient (Wildman–Crippen LogP) is 0.332. The van der Waals surface area contributed by atoms with Crippen molar-refractivity contribution in [2.24, 2.45) is 0 Å². The van der Waals surface area contributed by atoms with Crippen LogP contribution in [0.3, 0.4) is 0 Å². The number of likely N-dealkylation sites (N-methyl/N-ethyl adjacent to an activating group) is 1. The van der Waals surface area contributed by atoms with Gasteiger partial charge in [-0.2, -0.15) is 15.0 Å². The Balaban J connectivity index is 2.25. The van der Waals surface area contributed by atoms with Gasteiger partial charge in [-0.3, -0.25) is 0 Å². The van der Waals surface area contributed by atoms with Gasteiger partial charge in [0.1, 0.15) is 0 Å². The van der Waals surface area contributed by atoms with Gasteiger partial charge in [0.25, 0.3) is 0 Å². The number of hydrogen-bond donors (Lipinski definition) is 2. The number of rotatable bonds is 6. The largest absolute Gasteiger partial charge is 0.395 e. The molecular formula is C12H22N6O. The van der Waals surface area contributed by atoms with E-state index in [1.165, 1.54) is 12.8 Å². The maximum atomic E-state index is 9.01. The van der Waals surface area contributed by atoms with Crippen LogP contribution in [-0.2, 0) is 0 Å². The van der Waals surface area contributed by atoms with E-state index in [-0.39, 0.29) is 6.61 Å². The van der Waals surface area contributed by atoms with Crippen LogP contribution in [0.5, 0.6) is 0 Å². The van der Waals surface area contributed by atoms with Crippen LogP contribution in [0.15, 0.2) is 0 Å². The summed E-state index contributed by atoms with van der Waals surface area (Å²) in [5, 5.41) is 12.1. The molecule has 0 atom stereocenters. The molecule has 1 fully saturated rings. The third-order valence-corrected chi connectivity index (χ3v) is 3.11. The first-order chi connectivity index (χ1) is 9.24. The predicted molar refractivity (Wildman–Crippen MR) is 75.8 cm³/mol. The van der Waals surface area contributed by atoms with E-state index in [4.69, 9.17) is 5.11 Å². The molecule has 0 saturated carbocycles. The summed E-state index contributed by atoms with van der Waals surface area (Å²) >= 11 is 0. The molecule has 106 valence electrons. The molecule has 19 heavy (non-hydrogen) atoms. The molecule has 0 bridgehead atoms. The molecule has 1 saturated heterocycles. The highest BCUT2D eigenvalue weighted by Crippen LogP contribution is 2.19. The lowest BCUT2D eigenvalue weighted by Crippen LogP contribution is -2.27. The van der Waals surface area contributed by atoms with E-state index in [0.29, 0.717) is 18.4 Å². The summed E-state index contributed by atoms with van der Waals surface area (Å²) in [5.41, 5.74) is 0. The summed E-state index contributed by atoms with van der Waals surface area (Å²) in [6.45, 7) is 5.37. The molecule has 0 spiro atoms. The van der Waals surface area contributed by atoms with Crippen LogP contribution in [0.4, 0.5) is 17.8 Å². The summed E-state index contributed by atoms with van der Waals surface area (Å²) in [7, 11) is 1.87. The number of aliphatic hydroxyl groups excluding tert-OH is 1. The van der Waals surface area contributed by atoms with Gasteiger partial charge in [-0.1, -0.05) is 0 Å². The summed E-state index contributed by atoms with van der Waals surface area (Å²) in [5.74, 6) is 1.92. The number of nitrogens with zero attached hydrogens (tertiary/aromatic N) is 5. The average molecular weight is 266 g/mol. The third kappa shape index (κ3) is 3.44. The van der Waals surface area contributed by atoms with Crippen molar-refractivity contribution in [1.29, 1.82) is 0 Å². The molecule has 0 aliphatic carbocycles. The van der Waals surface area contributed by atoms with Crippen molar-refractivity contribution in [3.8, 4) is 0 Å². The average Bonchev–Trinajstić information content (AvgIpc) is 2.93. The highest BCUT2D eigenvalue weighted by molar-refractivity contribution is 5.45. The zero-order valence-corrected chi connectivity index (χ0v) is 11.6. The van der Waals surface area contributed by atoms with Crippen LogP contribution in [0.25, 0.3) is 0 Å². The molecule has 2 N–H and O–H groups in total. The van der Waals surface area contributed by atoms with Crippen molar-refractivity contribution >= 4 is 17.8 Å². The van der Waals surface area contributed by atoms with Crippen molar-refractivity contribution in [1.82, 2.24) is 15.0 Å². The smallest absolute Gasteiger partial charge is 0.231 e. The van der Waals surface area contributed by atoms with Crippen molar-refractivity contribution < 1.29 is 5.11 Å². The molecule has 0 aromatic carbocycles. The summed E-state index contributed by atoms with van der Waals surface area (Å²) < 4.78 is 0. The van der Waals surface area contributed by atoms with Gasteiger partial charge >= 0.3 is 0 Å². The minimum Gasteiger partial charge on any atom is -0.395 e. The standard InChI is InChI=1S/C12H22N6O/c1-3-13-10-14-11(17(2)8-9-19)16-12(15-10)18-6-4-5-7-18/h19H,3-9H2,1-2H3,(H,13,14,15,16). The molecule has 1 aliphatic heterocycles. The summed E-state index contributed by atoms with van der Waals surface area (Å²) in [6.07, 6.45) is 2.37. The van der Waals surface area contributed by atoms with Crippen molar-refractivity contribution in [3.63, 3.8) is 0 Å². The van der Waals surface area contributed by atoms with E-state index in [1.54, 1.807) is 0 Å². The summed E-state index contributed by atoms with van der Waals surface area (Å²) in [6, 6.07) is 0. The normalized spacial score (nSPS) is 14.8. The molecule has 7 heteroatoms. The van der Waals surface area contributed by atoms with Gasteiger partial charge in [0.05, 0.1) is 6.61 Å². The molecular weight excluding hydrogens is 244 g/mol. The van der Waals surface area contributed by atoms with E-state index in [2.05, 4.69) is 25.2 Å². The maximum absolute atomic E-state index is 9.01. The lowest BCUT2D eigenvalue weighted by molar-refractivity contribution is 0.303. The quantitative estimate of drug-likeness (QED) is 0.768.